The fraction of sp³-hybridized carbons (Fsp3) is 0.375. The Morgan fingerprint density at radius 3 is 2.64 bits per heavy atom. The molecule has 3 heteroatoms. The molecule has 0 spiro atoms. The van der Waals surface area contributed by atoms with Crippen LogP contribution in [-0.4, -0.2) is 24.2 Å². The number of nitrogens with zero attached hydrogens (tertiary/aromatic N) is 1. The molecule has 0 amide bonds. The van der Waals surface area contributed by atoms with E-state index in [1.807, 2.05) is 12.1 Å². The van der Waals surface area contributed by atoms with Gasteiger partial charge in [0.15, 0.2) is 0 Å². The van der Waals surface area contributed by atoms with Gasteiger partial charge in [-0.25, -0.2) is 0 Å². The highest BCUT2D eigenvalue weighted by atomic mass is 16.5. The predicted octanol–water partition coefficient (Wildman–Crippen LogP) is 1.16. The van der Waals surface area contributed by atoms with Gasteiger partial charge in [0.25, 0.3) is 0 Å². The number of hydrogen-bond donors (Lipinski definition) is 0. The number of carbonyl (C=O) groups is 1. The number of ether oxygens (including phenoxy) is 1. The number of hydrogen-bond acceptors (Lipinski definition) is 2. The molecular weight excluding hydrogens is 142 g/mol. The Labute approximate surface area is 65.6 Å². The van der Waals surface area contributed by atoms with Gasteiger partial charge < -0.3 is 4.74 Å². The second kappa shape index (κ2) is 3.93. The third-order valence-electron chi connectivity index (χ3n) is 1.41. The summed E-state index contributed by atoms with van der Waals surface area (Å²) in [6.45, 7) is 0.483. The van der Waals surface area contributed by atoms with Crippen LogP contribution in [0.15, 0.2) is 24.5 Å². The quantitative estimate of drug-likeness (QED) is 0.652. The Bertz CT molecular complexity index is 216. The van der Waals surface area contributed by atoms with E-state index in [-0.39, 0.29) is 5.91 Å². The molecule has 1 rings (SSSR count). The first-order valence-electron chi connectivity index (χ1n) is 3.49. The van der Waals surface area contributed by atoms with E-state index in [0.29, 0.717) is 13.0 Å². The summed E-state index contributed by atoms with van der Waals surface area (Å²) in [4.78, 5) is 11.1. The minimum absolute atomic E-state index is 0.0665. The van der Waals surface area contributed by atoms with Crippen LogP contribution >= 0.6 is 0 Å². The molecule has 3 nitrogen and oxygen atoms in total. The first kappa shape index (κ1) is 8.01. The molecule has 0 unspecified atom stereocenters. The van der Waals surface area contributed by atoms with E-state index in [4.69, 9.17) is 4.74 Å². The Morgan fingerprint density at radius 1 is 1.45 bits per heavy atom. The number of aromatic nitrogens is 1. The Hall–Kier alpha value is -1.09. The van der Waals surface area contributed by atoms with E-state index >= 15 is 0 Å². The van der Waals surface area contributed by atoms with E-state index < -0.39 is 0 Å². The zero-order chi connectivity index (χ0) is 8.10. The maximum Gasteiger partial charge on any atom is 0.232 e. The van der Waals surface area contributed by atoms with Gasteiger partial charge in [-0.05, 0) is 12.1 Å². The molecule has 0 aliphatic rings. The van der Waals surface area contributed by atoms with Crippen molar-refractivity contribution in [1.29, 1.82) is 0 Å². The number of methoxy groups -OCH3 is 1. The van der Waals surface area contributed by atoms with Crippen LogP contribution in [-0.2, 0) is 4.74 Å². The summed E-state index contributed by atoms with van der Waals surface area (Å²) in [7, 11) is 1.59. The van der Waals surface area contributed by atoms with E-state index in [0.717, 1.165) is 0 Å². The van der Waals surface area contributed by atoms with Crippen LogP contribution in [0.1, 0.15) is 11.2 Å². The van der Waals surface area contributed by atoms with Gasteiger partial charge in [0.1, 0.15) is 0 Å². The van der Waals surface area contributed by atoms with Crippen LogP contribution in [0.4, 0.5) is 0 Å². The van der Waals surface area contributed by atoms with Crippen LogP contribution in [0.25, 0.3) is 0 Å². The van der Waals surface area contributed by atoms with Crippen LogP contribution in [0.5, 0.6) is 0 Å². The van der Waals surface area contributed by atoms with Gasteiger partial charge in [-0.2, -0.15) is 0 Å². The predicted molar refractivity (Wildman–Crippen MR) is 41.6 cm³/mol. The van der Waals surface area contributed by atoms with Crippen molar-refractivity contribution in [3.63, 3.8) is 0 Å². The highest BCUT2D eigenvalue weighted by molar-refractivity contribution is 5.78. The van der Waals surface area contributed by atoms with Crippen molar-refractivity contribution in [2.45, 2.75) is 6.42 Å². The normalized spacial score (nSPS) is 9.91. The number of carbonyl (C=O) groups excluding carboxylic acids is 1. The zero-order valence-corrected chi connectivity index (χ0v) is 6.49. The van der Waals surface area contributed by atoms with Gasteiger partial charge in [0, 0.05) is 19.5 Å². The highest BCUT2D eigenvalue weighted by Crippen LogP contribution is 1.93. The maximum atomic E-state index is 11.1. The lowest BCUT2D eigenvalue weighted by Crippen LogP contribution is -2.10. The van der Waals surface area contributed by atoms with Crippen molar-refractivity contribution in [3.05, 3.63) is 24.5 Å². The summed E-state index contributed by atoms with van der Waals surface area (Å²) in [5, 5.41) is 0. The van der Waals surface area contributed by atoms with Crippen molar-refractivity contribution >= 4 is 5.91 Å². The lowest BCUT2D eigenvalue weighted by molar-refractivity contribution is 0.0851. The minimum atomic E-state index is 0.0665. The van der Waals surface area contributed by atoms with Crippen molar-refractivity contribution in [2.24, 2.45) is 0 Å². The van der Waals surface area contributed by atoms with Crippen molar-refractivity contribution in [3.8, 4) is 0 Å². The molecule has 0 radical (unpaired) electrons. The average molecular weight is 153 g/mol. The second-order valence-electron chi connectivity index (χ2n) is 2.23. The smallest absolute Gasteiger partial charge is 0.232 e. The molecule has 11 heavy (non-hydrogen) atoms. The molecule has 0 fully saturated rings. The summed E-state index contributed by atoms with van der Waals surface area (Å²) >= 11 is 0. The summed E-state index contributed by atoms with van der Waals surface area (Å²) in [6.07, 6.45) is 3.90. The van der Waals surface area contributed by atoms with E-state index in [1.54, 1.807) is 24.1 Å². The lowest BCUT2D eigenvalue weighted by Gasteiger charge is -1.99. The minimum Gasteiger partial charge on any atom is -0.384 e. The fourth-order valence-electron chi connectivity index (χ4n) is 0.819. The molecule has 60 valence electrons. The molecular formula is C8H11NO2. The van der Waals surface area contributed by atoms with Gasteiger partial charge >= 0.3 is 0 Å². The highest BCUT2D eigenvalue weighted by Gasteiger charge is 2.00. The topological polar surface area (TPSA) is 31.2 Å². The third-order valence-corrected chi connectivity index (χ3v) is 1.41. The summed E-state index contributed by atoms with van der Waals surface area (Å²) < 4.78 is 6.33. The summed E-state index contributed by atoms with van der Waals surface area (Å²) in [6, 6.07) is 3.65. The van der Waals surface area contributed by atoms with Crippen LogP contribution < -0.4 is 0 Å². The molecule has 0 N–H and O–H groups in total. The van der Waals surface area contributed by atoms with E-state index in [1.165, 1.54) is 0 Å². The van der Waals surface area contributed by atoms with Gasteiger partial charge in [-0.1, -0.05) is 0 Å². The Balaban J connectivity index is 2.43. The largest absolute Gasteiger partial charge is 0.384 e. The third kappa shape index (κ3) is 2.20. The molecule has 0 atom stereocenters. The SMILES string of the molecule is COCCC(=O)n1cccc1. The molecule has 0 aliphatic carbocycles. The van der Waals surface area contributed by atoms with Gasteiger partial charge in [-0.15, -0.1) is 0 Å². The Kier molecular flexibility index (Phi) is 2.86. The summed E-state index contributed by atoms with van der Waals surface area (Å²) in [5.41, 5.74) is 0. The lowest BCUT2D eigenvalue weighted by atomic mass is 10.4. The maximum absolute atomic E-state index is 11.1. The first-order valence-corrected chi connectivity index (χ1v) is 3.49. The Morgan fingerprint density at radius 2 is 2.09 bits per heavy atom. The van der Waals surface area contributed by atoms with Crippen molar-refractivity contribution in [1.82, 2.24) is 4.57 Å². The van der Waals surface area contributed by atoms with Crippen molar-refractivity contribution < 1.29 is 9.53 Å². The van der Waals surface area contributed by atoms with Crippen molar-refractivity contribution in [2.75, 3.05) is 13.7 Å². The van der Waals surface area contributed by atoms with Gasteiger partial charge in [0.05, 0.1) is 13.0 Å². The summed E-state index contributed by atoms with van der Waals surface area (Å²) in [5.74, 6) is 0.0665. The van der Waals surface area contributed by atoms with Crippen LogP contribution in [0.3, 0.4) is 0 Å². The molecule has 0 saturated carbocycles. The average Bonchev–Trinajstić information content (AvgIpc) is 2.52. The second-order valence-corrected chi connectivity index (χ2v) is 2.23. The molecule has 0 aliphatic heterocycles. The van der Waals surface area contributed by atoms with Crippen LogP contribution in [0, 0.1) is 0 Å². The van der Waals surface area contributed by atoms with Gasteiger partial charge in [0.2, 0.25) is 5.91 Å². The fourth-order valence-corrected chi connectivity index (χ4v) is 0.819. The van der Waals surface area contributed by atoms with Crippen LogP contribution in [0.2, 0.25) is 0 Å². The van der Waals surface area contributed by atoms with Gasteiger partial charge in [-0.3, -0.25) is 9.36 Å². The standard InChI is InChI=1S/C8H11NO2/c1-11-7-4-8(10)9-5-2-3-6-9/h2-3,5-6H,4,7H2,1H3. The van der Waals surface area contributed by atoms with E-state index in [9.17, 15) is 4.79 Å². The molecule has 1 aromatic rings. The monoisotopic (exact) mass is 153 g/mol. The van der Waals surface area contributed by atoms with E-state index in [2.05, 4.69) is 0 Å². The molecule has 0 saturated heterocycles. The molecule has 0 aromatic carbocycles. The number of rotatable bonds is 3. The molecule has 1 aromatic heterocycles. The zero-order valence-electron chi connectivity index (χ0n) is 6.49. The molecule has 1 heterocycles. The molecule has 0 bridgehead atoms. The first-order chi connectivity index (χ1) is 5.34.